The second-order valence-electron chi connectivity index (χ2n) is 8.04. The van der Waals surface area contributed by atoms with Crippen LogP contribution >= 0.6 is 0 Å². The van der Waals surface area contributed by atoms with Crippen LogP contribution in [-0.2, 0) is 20.7 Å². The third kappa shape index (κ3) is 8.82. The highest BCUT2D eigenvalue weighted by Gasteiger charge is 2.30. The number of rotatable bonds is 8. The van der Waals surface area contributed by atoms with Gasteiger partial charge in [-0.3, -0.25) is 15.0 Å². The van der Waals surface area contributed by atoms with E-state index in [0.717, 1.165) is 0 Å². The Labute approximate surface area is 171 Å². The molecule has 0 heterocycles. The largest absolute Gasteiger partial charge is 0.508 e. The zero-order valence-corrected chi connectivity index (χ0v) is 17.8. The first kappa shape index (κ1) is 24.2. The van der Waals surface area contributed by atoms with E-state index in [-0.39, 0.29) is 18.1 Å². The molecule has 1 aromatic carbocycles. The van der Waals surface area contributed by atoms with Gasteiger partial charge >= 0.3 is 6.09 Å². The molecule has 0 aromatic heterocycles. The Morgan fingerprint density at radius 2 is 1.76 bits per heavy atom. The van der Waals surface area contributed by atoms with E-state index in [1.807, 2.05) is 0 Å². The number of carbonyl (C=O) groups excluding carboxylic acids is 3. The molecule has 0 saturated carbocycles. The van der Waals surface area contributed by atoms with Crippen LogP contribution in [0.2, 0.25) is 0 Å². The summed E-state index contributed by atoms with van der Waals surface area (Å²) in [4.78, 5) is 37.3. The average molecular weight is 408 g/mol. The third-order valence-electron chi connectivity index (χ3n) is 3.85. The maximum absolute atomic E-state index is 12.8. The van der Waals surface area contributed by atoms with Gasteiger partial charge in [-0.15, -0.1) is 0 Å². The molecule has 0 aliphatic carbocycles. The van der Waals surface area contributed by atoms with E-state index in [2.05, 4.69) is 21.5 Å². The third-order valence-corrected chi connectivity index (χ3v) is 3.85. The summed E-state index contributed by atoms with van der Waals surface area (Å²) in [5, 5.41) is 14.9. The van der Waals surface area contributed by atoms with Crippen molar-refractivity contribution in [2.75, 3.05) is 7.05 Å². The maximum Gasteiger partial charge on any atom is 0.408 e. The van der Waals surface area contributed by atoms with Gasteiger partial charge in [0, 0.05) is 13.5 Å². The summed E-state index contributed by atoms with van der Waals surface area (Å²) in [6.07, 6.45) is -0.555. The zero-order valence-electron chi connectivity index (χ0n) is 17.8. The second-order valence-corrected chi connectivity index (χ2v) is 8.04. The van der Waals surface area contributed by atoms with E-state index in [1.54, 1.807) is 46.8 Å². The number of aromatic hydroxyl groups is 1. The van der Waals surface area contributed by atoms with Crippen LogP contribution in [0, 0.1) is 5.92 Å². The fourth-order valence-electron chi connectivity index (χ4n) is 2.57. The summed E-state index contributed by atoms with van der Waals surface area (Å²) in [5.74, 6) is -1.14. The molecule has 0 saturated heterocycles. The van der Waals surface area contributed by atoms with E-state index in [4.69, 9.17) is 4.74 Å². The number of hydrogen-bond acceptors (Lipinski definition) is 6. The van der Waals surface area contributed by atoms with Crippen molar-refractivity contribution in [2.45, 2.75) is 58.7 Å². The van der Waals surface area contributed by atoms with E-state index in [9.17, 15) is 19.5 Å². The number of nitrogens with one attached hydrogen (secondary N) is 4. The highest BCUT2D eigenvalue weighted by atomic mass is 16.6. The van der Waals surface area contributed by atoms with Gasteiger partial charge in [0.05, 0.1) is 0 Å². The molecule has 0 aliphatic heterocycles. The minimum Gasteiger partial charge on any atom is -0.508 e. The van der Waals surface area contributed by atoms with Crippen LogP contribution in [0.1, 0.15) is 40.2 Å². The highest BCUT2D eigenvalue weighted by molar-refractivity contribution is 5.91. The van der Waals surface area contributed by atoms with Gasteiger partial charge < -0.3 is 20.5 Å². The van der Waals surface area contributed by atoms with Crippen LogP contribution in [0.25, 0.3) is 0 Å². The summed E-state index contributed by atoms with van der Waals surface area (Å²) in [5.41, 5.74) is 4.95. The fraction of sp³-hybridized carbons (Fsp3) is 0.550. The number of ether oxygens (including phenoxy) is 1. The molecule has 9 nitrogen and oxygen atoms in total. The van der Waals surface area contributed by atoms with Gasteiger partial charge in [0.15, 0.2) is 0 Å². The molecule has 3 amide bonds. The van der Waals surface area contributed by atoms with E-state index < -0.39 is 35.6 Å². The molecule has 0 radical (unpaired) electrons. The Morgan fingerprint density at radius 3 is 2.28 bits per heavy atom. The smallest absolute Gasteiger partial charge is 0.408 e. The summed E-state index contributed by atoms with van der Waals surface area (Å²) >= 11 is 0. The van der Waals surface area contributed by atoms with Crippen LogP contribution in [0.3, 0.4) is 0 Å². The molecular formula is C20H32N4O5. The van der Waals surface area contributed by atoms with Crippen LogP contribution in [0.5, 0.6) is 5.75 Å². The van der Waals surface area contributed by atoms with Crippen LogP contribution in [0.4, 0.5) is 4.79 Å². The van der Waals surface area contributed by atoms with E-state index >= 15 is 0 Å². The monoisotopic (exact) mass is 408 g/mol. The molecular weight excluding hydrogens is 376 g/mol. The first-order valence-corrected chi connectivity index (χ1v) is 9.47. The lowest BCUT2D eigenvalue weighted by molar-refractivity contribution is -0.131. The van der Waals surface area contributed by atoms with Crippen molar-refractivity contribution < 1.29 is 24.2 Å². The molecule has 1 aromatic rings. The number of hydrazine groups is 1. The van der Waals surface area contributed by atoms with Gasteiger partial charge in [0.2, 0.25) is 5.91 Å². The van der Waals surface area contributed by atoms with Crippen LogP contribution in [-0.4, -0.2) is 47.7 Å². The minimum absolute atomic E-state index is 0.0632. The van der Waals surface area contributed by atoms with Gasteiger partial charge in [0.25, 0.3) is 5.91 Å². The predicted molar refractivity (Wildman–Crippen MR) is 109 cm³/mol. The van der Waals surface area contributed by atoms with Gasteiger partial charge in [-0.1, -0.05) is 26.0 Å². The summed E-state index contributed by atoms with van der Waals surface area (Å²) in [6.45, 7) is 8.73. The van der Waals surface area contributed by atoms with Crippen molar-refractivity contribution >= 4 is 17.9 Å². The van der Waals surface area contributed by atoms with Crippen molar-refractivity contribution in [3.63, 3.8) is 0 Å². The number of phenols is 1. The SMILES string of the molecule is CNNC(=O)[C@H](Cc1cccc(O)c1)NC(=O)C(NC(=O)OC(C)(C)C)C(C)C. The standard InChI is InChI=1S/C20H32N4O5/c1-12(2)16(23-19(28)29-20(3,4)5)18(27)22-15(17(26)24-21-6)11-13-8-7-9-14(25)10-13/h7-10,12,15-16,21,25H,11H2,1-6H3,(H,22,27)(H,23,28)(H,24,26)/t15-,16?/m0/s1. The summed E-state index contributed by atoms with van der Waals surface area (Å²) in [6, 6.07) is 4.62. The van der Waals surface area contributed by atoms with Crippen LogP contribution in [0.15, 0.2) is 24.3 Å². The van der Waals surface area contributed by atoms with Gasteiger partial charge in [-0.25, -0.2) is 10.2 Å². The van der Waals surface area contributed by atoms with Crippen molar-refractivity contribution in [3.05, 3.63) is 29.8 Å². The minimum atomic E-state index is -0.918. The normalized spacial score (nSPS) is 13.3. The average Bonchev–Trinajstić information content (AvgIpc) is 2.57. The van der Waals surface area contributed by atoms with Gasteiger partial charge in [-0.2, -0.15) is 0 Å². The summed E-state index contributed by atoms with van der Waals surface area (Å²) < 4.78 is 5.22. The van der Waals surface area contributed by atoms with E-state index in [0.29, 0.717) is 5.56 Å². The Morgan fingerprint density at radius 1 is 1.10 bits per heavy atom. The quantitative estimate of drug-likeness (QED) is 0.412. The lowest BCUT2D eigenvalue weighted by Crippen LogP contribution is -2.57. The Kier molecular flexibility index (Phi) is 8.90. The zero-order chi connectivity index (χ0) is 22.2. The topological polar surface area (TPSA) is 129 Å². The summed E-state index contributed by atoms with van der Waals surface area (Å²) in [7, 11) is 1.53. The molecule has 0 fully saturated rings. The second kappa shape index (κ2) is 10.7. The lowest BCUT2D eigenvalue weighted by Gasteiger charge is -2.27. The number of amides is 3. The Balaban J connectivity index is 2.94. The highest BCUT2D eigenvalue weighted by Crippen LogP contribution is 2.13. The van der Waals surface area contributed by atoms with Crippen molar-refractivity contribution in [2.24, 2.45) is 5.92 Å². The van der Waals surface area contributed by atoms with Crippen molar-refractivity contribution in [3.8, 4) is 5.75 Å². The molecule has 0 spiro atoms. The number of benzene rings is 1. The lowest BCUT2D eigenvalue weighted by atomic mass is 10.0. The van der Waals surface area contributed by atoms with Gasteiger partial charge in [0.1, 0.15) is 23.4 Å². The predicted octanol–water partition coefficient (Wildman–Crippen LogP) is 1.22. The Bertz CT molecular complexity index is 715. The number of alkyl carbamates (subject to hydrolysis) is 1. The molecule has 29 heavy (non-hydrogen) atoms. The van der Waals surface area contributed by atoms with Crippen LogP contribution < -0.4 is 21.5 Å². The Hall–Kier alpha value is -2.81. The molecule has 0 bridgehead atoms. The van der Waals surface area contributed by atoms with Crippen molar-refractivity contribution in [1.29, 1.82) is 0 Å². The first-order chi connectivity index (χ1) is 13.4. The number of phenolic OH excluding ortho intramolecular Hbond substituents is 1. The fourth-order valence-corrected chi connectivity index (χ4v) is 2.57. The maximum atomic E-state index is 12.8. The molecule has 0 aliphatic rings. The van der Waals surface area contributed by atoms with Crippen molar-refractivity contribution in [1.82, 2.24) is 21.5 Å². The molecule has 1 unspecified atom stereocenters. The molecule has 2 atom stereocenters. The molecule has 5 N–H and O–H groups in total. The van der Waals surface area contributed by atoms with E-state index in [1.165, 1.54) is 19.2 Å². The molecule has 1 rings (SSSR count). The molecule has 162 valence electrons. The van der Waals surface area contributed by atoms with Gasteiger partial charge in [-0.05, 0) is 44.4 Å². The molecule has 9 heteroatoms. The first-order valence-electron chi connectivity index (χ1n) is 9.47. The number of carbonyl (C=O) groups is 3. The number of hydrogen-bond donors (Lipinski definition) is 5.